The second-order valence-electron chi connectivity index (χ2n) is 6.68. The van der Waals surface area contributed by atoms with Crippen LogP contribution in [0.2, 0.25) is 0 Å². The van der Waals surface area contributed by atoms with E-state index in [0.717, 1.165) is 25.4 Å². The number of hydrogen-bond acceptors (Lipinski definition) is 3. The standard InChI is InChI=1S/C14H26N2O2/c1-10-8-11-6-5-7-15-12(11)9-16(10)13(17)18-14(2,3)4/h10-12,15H,5-9H2,1-4H3. The van der Waals surface area contributed by atoms with Gasteiger partial charge >= 0.3 is 6.09 Å². The SMILES string of the molecule is CC1CC2CCCNC2CN1C(=O)OC(C)(C)C. The molecule has 2 rings (SSSR count). The molecule has 2 aliphatic rings. The zero-order valence-electron chi connectivity index (χ0n) is 12.0. The van der Waals surface area contributed by atoms with Crippen molar-refractivity contribution in [3.8, 4) is 0 Å². The largest absolute Gasteiger partial charge is 0.444 e. The minimum absolute atomic E-state index is 0.166. The molecular weight excluding hydrogens is 228 g/mol. The molecule has 4 nitrogen and oxygen atoms in total. The minimum Gasteiger partial charge on any atom is -0.444 e. The van der Waals surface area contributed by atoms with E-state index in [1.807, 2.05) is 25.7 Å². The smallest absolute Gasteiger partial charge is 0.410 e. The summed E-state index contributed by atoms with van der Waals surface area (Å²) in [6.07, 6.45) is 3.49. The van der Waals surface area contributed by atoms with Gasteiger partial charge in [-0.2, -0.15) is 0 Å². The summed E-state index contributed by atoms with van der Waals surface area (Å²) in [5.74, 6) is 0.729. The van der Waals surface area contributed by atoms with Gasteiger partial charge in [0.1, 0.15) is 5.60 Å². The van der Waals surface area contributed by atoms with Gasteiger partial charge in [-0.05, 0) is 59.4 Å². The van der Waals surface area contributed by atoms with Gasteiger partial charge in [0.15, 0.2) is 0 Å². The molecule has 0 radical (unpaired) electrons. The first-order chi connectivity index (χ1) is 8.37. The maximum atomic E-state index is 12.2. The Balaban J connectivity index is 1.98. The number of rotatable bonds is 0. The van der Waals surface area contributed by atoms with Crippen LogP contribution < -0.4 is 5.32 Å². The molecule has 0 spiro atoms. The Hall–Kier alpha value is -0.770. The van der Waals surface area contributed by atoms with Crippen LogP contribution in [0, 0.1) is 5.92 Å². The molecule has 2 saturated heterocycles. The summed E-state index contributed by atoms with van der Waals surface area (Å²) in [7, 11) is 0. The van der Waals surface area contributed by atoms with Gasteiger partial charge in [0.05, 0.1) is 0 Å². The van der Waals surface area contributed by atoms with Crippen molar-refractivity contribution < 1.29 is 9.53 Å². The first-order valence-corrected chi connectivity index (χ1v) is 7.10. The molecule has 1 amide bonds. The molecule has 0 aliphatic carbocycles. The molecule has 0 aromatic rings. The first kappa shape index (κ1) is 13.7. The third-order valence-electron chi connectivity index (χ3n) is 3.92. The molecule has 3 unspecified atom stereocenters. The molecule has 0 aromatic heterocycles. The van der Waals surface area contributed by atoms with Crippen molar-refractivity contribution in [1.29, 1.82) is 0 Å². The molecular formula is C14H26N2O2. The Morgan fingerprint density at radius 2 is 2.11 bits per heavy atom. The molecule has 0 bridgehead atoms. The zero-order chi connectivity index (χ0) is 13.3. The van der Waals surface area contributed by atoms with Crippen LogP contribution in [-0.2, 0) is 4.74 Å². The van der Waals surface area contributed by atoms with Crippen molar-refractivity contribution in [1.82, 2.24) is 10.2 Å². The summed E-state index contributed by atoms with van der Waals surface area (Å²) in [6, 6.07) is 0.753. The van der Waals surface area contributed by atoms with E-state index in [0.29, 0.717) is 12.1 Å². The Labute approximate surface area is 110 Å². The van der Waals surface area contributed by atoms with Crippen molar-refractivity contribution >= 4 is 6.09 Å². The van der Waals surface area contributed by atoms with Crippen molar-refractivity contribution in [3.05, 3.63) is 0 Å². The van der Waals surface area contributed by atoms with Gasteiger partial charge in [0, 0.05) is 18.6 Å². The fraction of sp³-hybridized carbons (Fsp3) is 0.929. The summed E-state index contributed by atoms with van der Waals surface area (Å²) in [6.45, 7) is 9.76. The number of ether oxygens (including phenoxy) is 1. The number of hydrogen-bond donors (Lipinski definition) is 1. The van der Waals surface area contributed by atoms with Crippen LogP contribution in [0.5, 0.6) is 0 Å². The van der Waals surface area contributed by atoms with E-state index in [1.165, 1.54) is 12.8 Å². The summed E-state index contributed by atoms with van der Waals surface area (Å²) >= 11 is 0. The Kier molecular flexibility index (Phi) is 3.85. The highest BCUT2D eigenvalue weighted by molar-refractivity contribution is 5.68. The number of nitrogens with one attached hydrogen (secondary N) is 1. The summed E-state index contributed by atoms with van der Waals surface area (Å²) < 4.78 is 5.49. The molecule has 3 atom stereocenters. The fourth-order valence-corrected chi connectivity index (χ4v) is 3.05. The molecule has 2 aliphatic heterocycles. The van der Waals surface area contributed by atoms with Crippen LogP contribution >= 0.6 is 0 Å². The second kappa shape index (κ2) is 5.08. The quantitative estimate of drug-likeness (QED) is 0.721. The topological polar surface area (TPSA) is 41.6 Å². The lowest BCUT2D eigenvalue weighted by atomic mass is 9.82. The van der Waals surface area contributed by atoms with Gasteiger partial charge in [-0.25, -0.2) is 4.79 Å². The maximum absolute atomic E-state index is 12.2. The number of amides is 1. The molecule has 1 N–H and O–H groups in total. The average molecular weight is 254 g/mol. The number of carbonyl (C=O) groups excluding carboxylic acids is 1. The molecule has 2 fully saturated rings. The van der Waals surface area contributed by atoms with Gasteiger partial charge < -0.3 is 15.0 Å². The third kappa shape index (κ3) is 3.16. The van der Waals surface area contributed by atoms with Crippen molar-refractivity contribution in [3.63, 3.8) is 0 Å². The lowest BCUT2D eigenvalue weighted by Crippen LogP contribution is -2.58. The first-order valence-electron chi connectivity index (χ1n) is 7.10. The normalized spacial score (nSPS) is 32.9. The summed E-state index contributed by atoms with van der Waals surface area (Å²) in [4.78, 5) is 14.1. The fourth-order valence-electron chi connectivity index (χ4n) is 3.05. The third-order valence-corrected chi connectivity index (χ3v) is 3.92. The highest BCUT2D eigenvalue weighted by Crippen LogP contribution is 2.30. The average Bonchev–Trinajstić information content (AvgIpc) is 2.25. The number of fused-ring (bicyclic) bond motifs is 1. The zero-order valence-corrected chi connectivity index (χ0v) is 12.0. The van der Waals surface area contributed by atoms with Gasteiger partial charge in [0.2, 0.25) is 0 Å². The van der Waals surface area contributed by atoms with Crippen LogP contribution in [0.15, 0.2) is 0 Å². The van der Waals surface area contributed by atoms with Crippen molar-refractivity contribution in [2.24, 2.45) is 5.92 Å². The summed E-state index contributed by atoms with van der Waals surface area (Å²) in [5, 5.41) is 3.54. The van der Waals surface area contributed by atoms with E-state index in [4.69, 9.17) is 4.74 Å². The van der Waals surface area contributed by atoms with Crippen LogP contribution in [0.3, 0.4) is 0 Å². The molecule has 18 heavy (non-hydrogen) atoms. The van der Waals surface area contributed by atoms with Crippen LogP contribution in [0.25, 0.3) is 0 Å². The van der Waals surface area contributed by atoms with E-state index >= 15 is 0 Å². The van der Waals surface area contributed by atoms with E-state index in [9.17, 15) is 4.79 Å². The van der Waals surface area contributed by atoms with E-state index in [2.05, 4.69) is 12.2 Å². The predicted molar refractivity (Wildman–Crippen MR) is 71.5 cm³/mol. The maximum Gasteiger partial charge on any atom is 0.410 e. The van der Waals surface area contributed by atoms with Crippen molar-refractivity contribution in [2.45, 2.75) is 64.6 Å². The summed E-state index contributed by atoms with van der Waals surface area (Å²) in [5.41, 5.74) is -0.409. The Morgan fingerprint density at radius 3 is 2.78 bits per heavy atom. The monoisotopic (exact) mass is 254 g/mol. The van der Waals surface area contributed by atoms with E-state index in [1.54, 1.807) is 0 Å². The molecule has 0 saturated carbocycles. The van der Waals surface area contributed by atoms with Gasteiger partial charge in [-0.15, -0.1) is 0 Å². The number of likely N-dealkylation sites (tertiary alicyclic amines) is 1. The molecule has 4 heteroatoms. The minimum atomic E-state index is -0.409. The second-order valence-corrected chi connectivity index (χ2v) is 6.68. The lowest BCUT2D eigenvalue weighted by Gasteiger charge is -2.45. The van der Waals surface area contributed by atoms with Crippen LogP contribution in [0.1, 0.15) is 47.0 Å². The van der Waals surface area contributed by atoms with E-state index in [-0.39, 0.29) is 6.09 Å². The Bertz CT molecular complexity index is 311. The predicted octanol–water partition coefficient (Wildman–Crippen LogP) is 2.38. The highest BCUT2D eigenvalue weighted by Gasteiger charge is 2.38. The number of nitrogens with zero attached hydrogens (tertiary/aromatic N) is 1. The molecule has 104 valence electrons. The van der Waals surface area contributed by atoms with Gasteiger partial charge in [-0.1, -0.05) is 0 Å². The molecule has 2 heterocycles. The Morgan fingerprint density at radius 1 is 1.39 bits per heavy atom. The molecule has 0 aromatic carbocycles. The van der Waals surface area contributed by atoms with Crippen LogP contribution in [-0.4, -0.2) is 41.8 Å². The number of piperidine rings is 2. The van der Waals surface area contributed by atoms with Gasteiger partial charge in [-0.3, -0.25) is 0 Å². The highest BCUT2D eigenvalue weighted by atomic mass is 16.6. The van der Waals surface area contributed by atoms with Gasteiger partial charge in [0.25, 0.3) is 0 Å². The van der Waals surface area contributed by atoms with Crippen molar-refractivity contribution in [2.75, 3.05) is 13.1 Å². The van der Waals surface area contributed by atoms with Crippen LogP contribution in [0.4, 0.5) is 4.79 Å². The number of carbonyl (C=O) groups is 1. The van der Waals surface area contributed by atoms with E-state index < -0.39 is 5.60 Å². The lowest BCUT2D eigenvalue weighted by molar-refractivity contribution is -0.00201.